The van der Waals surface area contributed by atoms with Crippen LogP contribution in [0.5, 0.6) is 0 Å². The average Bonchev–Trinajstić information content (AvgIpc) is 2.81. The maximum atomic E-state index is 14.6. The second-order valence-electron chi connectivity index (χ2n) is 8.22. The van der Waals surface area contributed by atoms with Gasteiger partial charge in [0, 0.05) is 32.2 Å². The van der Waals surface area contributed by atoms with E-state index in [1.54, 1.807) is 31.2 Å². The minimum atomic E-state index is -4.23. The third-order valence-electron chi connectivity index (χ3n) is 5.38. The maximum absolute atomic E-state index is 14.6. The van der Waals surface area contributed by atoms with Gasteiger partial charge >= 0.3 is 10.2 Å². The zero-order valence-electron chi connectivity index (χ0n) is 20.4. The van der Waals surface area contributed by atoms with Crippen molar-refractivity contribution < 1.29 is 22.4 Å². The number of halogens is 2. The number of nitrogens with zero attached hydrogens (tertiary/aromatic N) is 3. The summed E-state index contributed by atoms with van der Waals surface area (Å²) in [6, 6.07) is 11.2. The number of anilines is 1. The normalized spacial score (nSPS) is 12.3. The fourth-order valence-corrected chi connectivity index (χ4v) is 4.58. The predicted octanol–water partition coefficient (Wildman–Crippen LogP) is 3.43. The van der Waals surface area contributed by atoms with Crippen molar-refractivity contribution in [1.82, 2.24) is 14.5 Å². The molecule has 0 aromatic heterocycles. The van der Waals surface area contributed by atoms with Crippen LogP contribution < -0.4 is 9.62 Å². The van der Waals surface area contributed by atoms with E-state index in [0.29, 0.717) is 21.4 Å². The maximum Gasteiger partial charge on any atom is 0.304 e. The van der Waals surface area contributed by atoms with Crippen LogP contribution in [0.4, 0.5) is 10.1 Å². The highest BCUT2D eigenvalue weighted by molar-refractivity contribution is 7.90. The molecule has 0 radical (unpaired) electrons. The molecular weight excluding hydrogens is 495 g/mol. The molecule has 0 heterocycles. The van der Waals surface area contributed by atoms with Gasteiger partial charge in [-0.05, 0) is 43.2 Å². The van der Waals surface area contributed by atoms with E-state index in [4.69, 9.17) is 11.6 Å². The highest BCUT2D eigenvalue weighted by Gasteiger charge is 2.33. The molecule has 0 aliphatic rings. The molecule has 0 saturated heterocycles. The highest BCUT2D eigenvalue weighted by Crippen LogP contribution is 2.24. The number of hydrogen-bond donors (Lipinski definition) is 1. The van der Waals surface area contributed by atoms with Crippen LogP contribution in [-0.2, 0) is 26.3 Å². The monoisotopic (exact) mass is 526 g/mol. The predicted molar refractivity (Wildman–Crippen MR) is 136 cm³/mol. The van der Waals surface area contributed by atoms with E-state index in [9.17, 15) is 22.4 Å². The Kier molecular flexibility index (Phi) is 10.5. The molecule has 0 aliphatic carbocycles. The third-order valence-corrected chi connectivity index (χ3v) is 7.42. The van der Waals surface area contributed by atoms with Crippen molar-refractivity contribution in [3.63, 3.8) is 0 Å². The molecule has 2 aromatic rings. The SMILES string of the molecule is CCCCNC(=O)[C@@H](C)N(Cc1cccc(Cl)c1)C(=O)CN(c1ccccc1F)S(=O)(=O)N(C)C. The molecule has 0 saturated carbocycles. The standard InChI is InChI=1S/C24H32ClFN4O4S/c1-5-6-14-27-24(32)18(2)29(16-19-10-9-11-20(25)15-19)23(31)17-30(35(33,34)28(3)4)22-13-8-7-12-21(22)26/h7-13,15,18H,5-6,14,16-17H2,1-4H3,(H,27,32)/t18-/m1/s1. The van der Waals surface area contributed by atoms with Gasteiger partial charge in [-0.3, -0.25) is 9.59 Å². The van der Waals surface area contributed by atoms with Crippen molar-refractivity contribution in [2.24, 2.45) is 0 Å². The molecule has 1 N–H and O–H groups in total. The first-order chi connectivity index (χ1) is 16.5. The summed E-state index contributed by atoms with van der Waals surface area (Å²) in [5, 5.41) is 3.26. The van der Waals surface area contributed by atoms with E-state index in [1.165, 1.54) is 37.2 Å². The van der Waals surface area contributed by atoms with Crippen LogP contribution in [0.15, 0.2) is 48.5 Å². The Morgan fingerprint density at radius 3 is 2.40 bits per heavy atom. The molecule has 0 fully saturated rings. The van der Waals surface area contributed by atoms with Gasteiger partial charge in [-0.15, -0.1) is 0 Å². The van der Waals surface area contributed by atoms with Crippen molar-refractivity contribution in [2.75, 3.05) is 31.5 Å². The van der Waals surface area contributed by atoms with Gasteiger partial charge in [-0.1, -0.05) is 49.2 Å². The lowest BCUT2D eigenvalue weighted by molar-refractivity contribution is -0.139. The van der Waals surface area contributed by atoms with Gasteiger partial charge in [0.15, 0.2) is 0 Å². The number of nitrogens with one attached hydrogen (secondary N) is 1. The van der Waals surface area contributed by atoms with E-state index in [-0.39, 0.29) is 18.1 Å². The molecule has 0 unspecified atom stereocenters. The quantitative estimate of drug-likeness (QED) is 0.429. The molecule has 0 aliphatic heterocycles. The average molecular weight is 527 g/mol. The number of rotatable bonds is 12. The minimum Gasteiger partial charge on any atom is -0.354 e. The summed E-state index contributed by atoms with van der Waals surface area (Å²) < 4.78 is 42.3. The lowest BCUT2D eigenvalue weighted by Crippen LogP contribution is -2.52. The number of carbonyl (C=O) groups is 2. The molecule has 0 bridgehead atoms. The minimum absolute atomic E-state index is 0.00881. The molecular formula is C24H32ClFN4O4S. The molecule has 35 heavy (non-hydrogen) atoms. The van der Waals surface area contributed by atoms with E-state index in [2.05, 4.69) is 5.32 Å². The Bertz CT molecular complexity index is 1130. The fourth-order valence-electron chi connectivity index (χ4n) is 3.31. The van der Waals surface area contributed by atoms with Crippen LogP contribution in [0.3, 0.4) is 0 Å². The molecule has 1 atom stereocenters. The zero-order chi connectivity index (χ0) is 26.2. The summed E-state index contributed by atoms with van der Waals surface area (Å²) >= 11 is 6.09. The van der Waals surface area contributed by atoms with E-state index < -0.39 is 34.5 Å². The van der Waals surface area contributed by atoms with Gasteiger partial charge in [0.05, 0.1) is 5.69 Å². The number of unbranched alkanes of at least 4 members (excludes halogenated alkanes) is 1. The zero-order valence-corrected chi connectivity index (χ0v) is 21.9. The summed E-state index contributed by atoms with van der Waals surface area (Å²) in [7, 11) is -1.64. The van der Waals surface area contributed by atoms with Gasteiger partial charge in [-0.25, -0.2) is 8.70 Å². The lowest BCUT2D eigenvalue weighted by atomic mass is 10.1. The van der Waals surface area contributed by atoms with Crippen LogP contribution in [0.2, 0.25) is 5.02 Å². The second-order valence-corrected chi connectivity index (χ2v) is 10.7. The number of para-hydroxylation sites is 1. The summed E-state index contributed by atoms with van der Waals surface area (Å²) in [4.78, 5) is 27.6. The topological polar surface area (TPSA) is 90.0 Å². The number of carbonyl (C=O) groups excluding carboxylic acids is 2. The summed E-state index contributed by atoms with van der Waals surface area (Å²) in [5.41, 5.74) is 0.393. The largest absolute Gasteiger partial charge is 0.354 e. The number of hydrogen-bond acceptors (Lipinski definition) is 4. The number of benzene rings is 2. The summed E-state index contributed by atoms with van der Waals surface area (Å²) in [6.45, 7) is 3.32. The van der Waals surface area contributed by atoms with Gasteiger partial charge < -0.3 is 10.2 Å². The fraction of sp³-hybridized carbons (Fsp3) is 0.417. The van der Waals surface area contributed by atoms with Crippen molar-refractivity contribution in [1.29, 1.82) is 0 Å². The highest BCUT2D eigenvalue weighted by atomic mass is 35.5. The Balaban J connectivity index is 2.43. The smallest absolute Gasteiger partial charge is 0.304 e. The molecule has 8 nitrogen and oxygen atoms in total. The first kappa shape index (κ1) is 28.5. The molecule has 2 aromatic carbocycles. The second kappa shape index (κ2) is 12.9. The number of amides is 2. The van der Waals surface area contributed by atoms with Crippen molar-refractivity contribution in [3.8, 4) is 0 Å². The molecule has 2 rings (SSSR count). The van der Waals surface area contributed by atoms with Crippen LogP contribution in [-0.4, -0.2) is 62.7 Å². The first-order valence-corrected chi connectivity index (χ1v) is 13.0. The van der Waals surface area contributed by atoms with E-state index in [1.807, 2.05) is 6.92 Å². The Hall–Kier alpha value is -2.69. The van der Waals surface area contributed by atoms with Gasteiger partial charge in [0.1, 0.15) is 18.4 Å². The third kappa shape index (κ3) is 7.65. The Morgan fingerprint density at radius 2 is 1.80 bits per heavy atom. The van der Waals surface area contributed by atoms with Crippen molar-refractivity contribution in [3.05, 3.63) is 64.9 Å². The van der Waals surface area contributed by atoms with E-state index in [0.717, 1.165) is 23.2 Å². The Labute approximate surface area is 211 Å². The van der Waals surface area contributed by atoms with Crippen molar-refractivity contribution in [2.45, 2.75) is 39.3 Å². The van der Waals surface area contributed by atoms with Gasteiger partial charge in [0.25, 0.3) is 0 Å². The van der Waals surface area contributed by atoms with Crippen LogP contribution in [0, 0.1) is 5.82 Å². The van der Waals surface area contributed by atoms with Crippen LogP contribution >= 0.6 is 11.6 Å². The molecule has 0 spiro atoms. The lowest BCUT2D eigenvalue weighted by Gasteiger charge is -2.33. The Morgan fingerprint density at radius 1 is 1.11 bits per heavy atom. The molecule has 11 heteroatoms. The summed E-state index contributed by atoms with van der Waals surface area (Å²) in [5.74, 6) is -1.84. The van der Waals surface area contributed by atoms with Gasteiger partial charge in [-0.2, -0.15) is 12.7 Å². The van der Waals surface area contributed by atoms with Gasteiger partial charge in [0.2, 0.25) is 11.8 Å². The first-order valence-electron chi connectivity index (χ1n) is 11.2. The van der Waals surface area contributed by atoms with E-state index >= 15 is 0 Å². The molecule has 2 amide bonds. The molecule has 192 valence electrons. The van der Waals surface area contributed by atoms with Crippen molar-refractivity contribution >= 4 is 39.3 Å². The van der Waals surface area contributed by atoms with Crippen LogP contribution in [0.1, 0.15) is 32.3 Å². The van der Waals surface area contributed by atoms with Crippen LogP contribution in [0.25, 0.3) is 0 Å². The summed E-state index contributed by atoms with van der Waals surface area (Å²) in [6.07, 6.45) is 1.67.